The second-order valence-corrected chi connectivity index (χ2v) is 5.45. The topological polar surface area (TPSA) is 52.3 Å². The monoisotopic (exact) mass is 261 g/mol. The summed E-state index contributed by atoms with van der Waals surface area (Å²) < 4.78 is 5.63. The second-order valence-electron chi connectivity index (χ2n) is 5.45. The Hall–Kier alpha value is -1.35. The Bertz CT molecular complexity index is 431. The van der Waals surface area contributed by atoms with Gasteiger partial charge in [-0.05, 0) is 49.3 Å². The highest BCUT2D eigenvalue weighted by Crippen LogP contribution is 2.32. The summed E-state index contributed by atoms with van der Waals surface area (Å²) in [5, 5.41) is 0. The largest absolute Gasteiger partial charge is 0.457 e. The molecule has 1 aliphatic carbocycles. The molecule has 2 atom stereocenters. The number of rotatable bonds is 5. The van der Waals surface area contributed by atoms with Crippen LogP contribution in [0.15, 0.2) is 24.3 Å². The van der Waals surface area contributed by atoms with Gasteiger partial charge in [0.05, 0.1) is 0 Å². The van der Waals surface area contributed by atoms with Crippen LogP contribution in [-0.4, -0.2) is 12.5 Å². The van der Waals surface area contributed by atoms with Crippen LogP contribution in [0.2, 0.25) is 0 Å². The molecule has 1 aliphatic rings. The average Bonchev–Trinajstić information content (AvgIpc) is 2.45. The Balaban J connectivity index is 1.91. The molecular weight excluding hydrogens is 238 g/mol. The number of fused-ring (bicyclic) bond motifs is 1. The predicted octanol–water partition coefficient (Wildman–Crippen LogP) is 2.98. The van der Waals surface area contributed by atoms with Gasteiger partial charge in [-0.3, -0.25) is 4.79 Å². The van der Waals surface area contributed by atoms with Crippen molar-refractivity contribution in [1.29, 1.82) is 0 Å². The molecule has 0 radical (unpaired) electrons. The maximum absolute atomic E-state index is 11.9. The van der Waals surface area contributed by atoms with E-state index in [0.29, 0.717) is 18.9 Å². The molecule has 1 aromatic rings. The van der Waals surface area contributed by atoms with Gasteiger partial charge >= 0.3 is 5.97 Å². The normalized spacial score (nSPS) is 19.6. The van der Waals surface area contributed by atoms with E-state index < -0.39 is 0 Å². The van der Waals surface area contributed by atoms with Crippen molar-refractivity contribution in [2.75, 3.05) is 6.54 Å². The smallest absolute Gasteiger partial charge is 0.306 e. The predicted molar refractivity (Wildman–Crippen MR) is 75.7 cm³/mol. The minimum absolute atomic E-state index is 0.0503. The van der Waals surface area contributed by atoms with Gasteiger partial charge in [-0.25, -0.2) is 0 Å². The summed E-state index contributed by atoms with van der Waals surface area (Å²) in [6, 6.07) is 8.27. The molecule has 104 valence electrons. The Labute approximate surface area is 115 Å². The summed E-state index contributed by atoms with van der Waals surface area (Å²) in [5.41, 5.74) is 8.06. The second kappa shape index (κ2) is 6.71. The molecule has 0 spiro atoms. The molecule has 3 nitrogen and oxygen atoms in total. The van der Waals surface area contributed by atoms with Crippen LogP contribution in [0.1, 0.15) is 49.8 Å². The third-order valence-electron chi connectivity index (χ3n) is 3.83. The highest BCUT2D eigenvalue weighted by Gasteiger charge is 2.23. The third kappa shape index (κ3) is 3.80. The molecule has 2 N–H and O–H groups in total. The zero-order chi connectivity index (χ0) is 13.7. The van der Waals surface area contributed by atoms with E-state index in [4.69, 9.17) is 10.5 Å². The highest BCUT2D eigenvalue weighted by atomic mass is 16.5. The first kappa shape index (κ1) is 14.1. The zero-order valence-electron chi connectivity index (χ0n) is 11.6. The van der Waals surface area contributed by atoms with Crippen molar-refractivity contribution in [3.63, 3.8) is 0 Å². The third-order valence-corrected chi connectivity index (χ3v) is 3.83. The lowest BCUT2D eigenvalue weighted by Gasteiger charge is -2.25. The molecule has 1 aromatic carbocycles. The number of esters is 1. The molecule has 0 bridgehead atoms. The van der Waals surface area contributed by atoms with Gasteiger partial charge in [0.2, 0.25) is 0 Å². The summed E-state index contributed by atoms with van der Waals surface area (Å²) in [5.74, 6) is 0.285. The summed E-state index contributed by atoms with van der Waals surface area (Å²) in [6.45, 7) is 2.68. The summed E-state index contributed by atoms with van der Waals surface area (Å²) in [7, 11) is 0. The van der Waals surface area contributed by atoms with Crippen molar-refractivity contribution in [3.8, 4) is 0 Å². The molecule has 0 aromatic heterocycles. The minimum Gasteiger partial charge on any atom is -0.457 e. The van der Waals surface area contributed by atoms with E-state index in [0.717, 1.165) is 25.7 Å². The van der Waals surface area contributed by atoms with Gasteiger partial charge in [-0.2, -0.15) is 0 Å². The van der Waals surface area contributed by atoms with Crippen LogP contribution in [0.5, 0.6) is 0 Å². The van der Waals surface area contributed by atoms with Gasteiger partial charge in [0, 0.05) is 6.42 Å². The quantitative estimate of drug-likeness (QED) is 0.829. The summed E-state index contributed by atoms with van der Waals surface area (Å²) in [6.07, 6.45) is 4.35. The van der Waals surface area contributed by atoms with E-state index in [2.05, 4.69) is 19.1 Å². The van der Waals surface area contributed by atoms with Crippen molar-refractivity contribution in [2.45, 2.75) is 45.1 Å². The average molecular weight is 261 g/mol. The fraction of sp³-hybridized carbons (Fsp3) is 0.562. The van der Waals surface area contributed by atoms with Crippen LogP contribution in [0.4, 0.5) is 0 Å². The molecule has 0 fully saturated rings. The van der Waals surface area contributed by atoms with Crippen LogP contribution in [0.25, 0.3) is 0 Å². The number of nitrogens with two attached hydrogens (primary N) is 1. The van der Waals surface area contributed by atoms with Gasteiger partial charge in [0.25, 0.3) is 0 Å². The van der Waals surface area contributed by atoms with E-state index in [-0.39, 0.29) is 12.1 Å². The van der Waals surface area contributed by atoms with Crippen LogP contribution in [-0.2, 0) is 16.0 Å². The first-order valence-corrected chi connectivity index (χ1v) is 7.18. The molecule has 0 saturated heterocycles. The van der Waals surface area contributed by atoms with Crippen molar-refractivity contribution in [3.05, 3.63) is 35.4 Å². The van der Waals surface area contributed by atoms with Crippen molar-refractivity contribution >= 4 is 5.97 Å². The molecule has 0 aliphatic heterocycles. The number of ether oxygens (including phenoxy) is 1. The number of carbonyl (C=O) groups excluding carboxylic acids is 1. The fourth-order valence-electron chi connectivity index (χ4n) is 2.53. The standard InChI is InChI=1S/C16H23NO2/c1-12(11-17)9-10-16(18)19-15-8-4-6-13-5-2-3-7-14(13)15/h2-3,5,7,12,15H,4,6,8-11,17H2,1H3. The van der Waals surface area contributed by atoms with Gasteiger partial charge < -0.3 is 10.5 Å². The lowest BCUT2D eigenvalue weighted by Crippen LogP contribution is -2.18. The Morgan fingerprint density at radius 3 is 3.05 bits per heavy atom. The number of hydrogen-bond acceptors (Lipinski definition) is 3. The van der Waals surface area contributed by atoms with Gasteiger partial charge in [-0.1, -0.05) is 31.2 Å². The van der Waals surface area contributed by atoms with Crippen molar-refractivity contribution < 1.29 is 9.53 Å². The lowest BCUT2D eigenvalue weighted by atomic mass is 9.89. The molecule has 0 amide bonds. The van der Waals surface area contributed by atoms with E-state index in [9.17, 15) is 4.79 Å². The number of benzene rings is 1. The molecule has 0 heterocycles. The maximum atomic E-state index is 11.9. The van der Waals surface area contributed by atoms with Crippen LogP contribution < -0.4 is 5.73 Å². The molecule has 2 rings (SSSR count). The SMILES string of the molecule is CC(CN)CCC(=O)OC1CCCc2ccccc21. The van der Waals surface area contributed by atoms with E-state index >= 15 is 0 Å². The summed E-state index contributed by atoms with van der Waals surface area (Å²) >= 11 is 0. The minimum atomic E-state index is -0.0954. The molecule has 0 saturated carbocycles. The fourth-order valence-corrected chi connectivity index (χ4v) is 2.53. The van der Waals surface area contributed by atoms with E-state index in [1.807, 2.05) is 12.1 Å². The Morgan fingerprint density at radius 1 is 1.47 bits per heavy atom. The molecule has 2 unspecified atom stereocenters. The Morgan fingerprint density at radius 2 is 2.26 bits per heavy atom. The lowest BCUT2D eigenvalue weighted by molar-refractivity contribution is -0.150. The zero-order valence-corrected chi connectivity index (χ0v) is 11.6. The van der Waals surface area contributed by atoms with Crippen LogP contribution in [0.3, 0.4) is 0 Å². The first-order chi connectivity index (χ1) is 9.20. The Kier molecular flexibility index (Phi) is 4.97. The van der Waals surface area contributed by atoms with Crippen LogP contribution >= 0.6 is 0 Å². The number of carbonyl (C=O) groups is 1. The van der Waals surface area contributed by atoms with E-state index in [1.54, 1.807) is 0 Å². The molecular formula is C16H23NO2. The van der Waals surface area contributed by atoms with Gasteiger partial charge in [0.1, 0.15) is 6.10 Å². The molecule has 3 heteroatoms. The maximum Gasteiger partial charge on any atom is 0.306 e. The first-order valence-electron chi connectivity index (χ1n) is 7.18. The highest BCUT2D eigenvalue weighted by molar-refractivity contribution is 5.69. The van der Waals surface area contributed by atoms with Crippen LogP contribution in [0, 0.1) is 5.92 Å². The van der Waals surface area contributed by atoms with Gasteiger partial charge in [-0.15, -0.1) is 0 Å². The number of hydrogen-bond donors (Lipinski definition) is 1. The summed E-state index contributed by atoms with van der Waals surface area (Å²) in [4.78, 5) is 11.9. The molecule has 19 heavy (non-hydrogen) atoms. The number of aryl methyl sites for hydroxylation is 1. The van der Waals surface area contributed by atoms with E-state index in [1.165, 1.54) is 11.1 Å². The van der Waals surface area contributed by atoms with Gasteiger partial charge in [0.15, 0.2) is 0 Å². The van der Waals surface area contributed by atoms with Crippen molar-refractivity contribution in [1.82, 2.24) is 0 Å². The van der Waals surface area contributed by atoms with Crippen molar-refractivity contribution in [2.24, 2.45) is 11.7 Å².